The van der Waals surface area contributed by atoms with Gasteiger partial charge in [-0.05, 0) is 86.6 Å². The summed E-state index contributed by atoms with van der Waals surface area (Å²) in [5.41, 5.74) is 7.02. The first-order valence-electron chi connectivity index (χ1n) is 18.9. The second-order valence-electron chi connectivity index (χ2n) is 13.5. The van der Waals surface area contributed by atoms with Crippen molar-refractivity contribution in [1.29, 1.82) is 0 Å². The molecule has 0 radical (unpaired) electrons. The van der Waals surface area contributed by atoms with Crippen molar-refractivity contribution in [3.8, 4) is 17.0 Å². The summed E-state index contributed by atoms with van der Waals surface area (Å²) in [7, 11) is 0. The van der Waals surface area contributed by atoms with Gasteiger partial charge in [0.05, 0.1) is 23.3 Å². The zero-order valence-electron chi connectivity index (χ0n) is 32.7. The smallest absolute Gasteiger partial charge is 0.321 e. The Labute approximate surface area is 339 Å². The molecule has 0 saturated heterocycles. The number of hydrogen-bond acceptors (Lipinski definition) is 10. The molecule has 16 heteroatoms. The van der Waals surface area contributed by atoms with Crippen LogP contribution in [0.15, 0.2) is 72.4 Å². The van der Waals surface area contributed by atoms with E-state index in [1.54, 1.807) is 60.9 Å². The molecule has 4 heterocycles. The number of carbonyl (C=O) groups excluding carboxylic acids is 5. The minimum absolute atomic E-state index is 0.128. The molecule has 58 heavy (non-hydrogen) atoms. The predicted molar refractivity (Wildman–Crippen MR) is 224 cm³/mol. The lowest BCUT2D eigenvalue weighted by atomic mass is 10.0. The highest BCUT2D eigenvalue weighted by molar-refractivity contribution is 7.14. The Balaban J connectivity index is 0.967. The number of thiazole rings is 1. The summed E-state index contributed by atoms with van der Waals surface area (Å²) in [5, 5.41) is 16.5. The third-order valence-corrected chi connectivity index (χ3v) is 10.3. The van der Waals surface area contributed by atoms with Gasteiger partial charge in [-0.15, -0.1) is 11.3 Å². The number of anilines is 3. The molecule has 6 N–H and O–H groups in total. The van der Waals surface area contributed by atoms with Gasteiger partial charge in [0.2, 0.25) is 5.91 Å². The summed E-state index contributed by atoms with van der Waals surface area (Å²) >= 11 is 1.31. The SMILES string of the molecule is CCN(CC)CCNC(=O)c1c(C)[nH]c(/C=C2\C(=O)Nc3ccc(NC(=O)CCC(=O)Oc4ccc(CNC(=O)Nc5nc(-c6ccncc6)cs5)cc4)cc32)c1C. The van der Waals surface area contributed by atoms with Crippen molar-refractivity contribution in [3.63, 3.8) is 0 Å². The molecule has 0 aliphatic carbocycles. The number of rotatable bonds is 16. The average molecular weight is 804 g/mol. The summed E-state index contributed by atoms with van der Waals surface area (Å²) in [5.74, 6) is -1.18. The van der Waals surface area contributed by atoms with Crippen LogP contribution in [0.1, 0.15) is 65.1 Å². The number of amides is 5. The number of aromatic amines is 1. The second-order valence-corrected chi connectivity index (χ2v) is 14.3. The molecular weight excluding hydrogens is 759 g/mol. The Kier molecular flexibility index (Phi) is 13.4. The molecule has 1 aliphatic rings. The van der Waals surface area contributed by atoms with Crippen LogP contribution in [0.3, 0.4) is 0 Å². The molecule has 15 nitrogen and oxygen atoms in total. The number of nitrogens with zero attached hydrogens (tertiary/aromatic N) is 3. The second kappa shape index (κ2) is 19.0. The van der Waals surface area contributed by atoms with Crippen LogP contribution < -0.4 is 31.3 Å². The van der Waals surface area contributed by atoms with Crippen LogP contribution in [0, 0.1) is 13.8 Å². The van der Waals surface area contributed by atoms with E-state index >= 15 is 0 Å². The summed E-state index contributed by atoms with van der Waals surface area (Å²) in [4.78, 5) is 77.9. The summed E-state index contributed by atoms with van der Waals surface area (Å²) < 4.78 is 5.42. The van der Waals surface area contributed by atoms with Crippen LogP contribution in [0.4, 0.5) is 21.3 Å². The van der Waals surface area contributed by atoms with Crippen LogP contribution >= 0.6 is 11.3 Å². The molecule has 0 unspecified atom stereocenters. The van der Waals surface area contributed by atoms with E-state index in [0.29, 0.717) is 56.9 Å². The summed E-state index contributed by atoms with van der Waals surface area (Å²) in [6.07, 6.45) is 4.77. The van der Waals surface area contributed by atoms with E-state index in [1.165, 1.54) is 11.3 Å². The maximum Gasteiger partial charge on any atom is 0.321 e. The maximum absolute atomic E-state index is 13.1. The largest absolute Gasteiger partial charge is 0.427 e. The van der Waals surface area contributed by atoms with Gasteiger partial charge in [0.1, 0.15) is 5.75 Å². The van der Waals surface area contributed by atoms with Gasteiger partial charge in [-0.1, -0.05) is 26.0 Å². The minimum atomic E-state index is -0.586. The zero-order chi connectivity index (χ0) is 41.2. The third-order valence-electron chi connectivity index (χ3n) is 9.55. The van der Waals surface area contributed by atoms with Gasteiger partial charge >= 0.3 is 12.0 Å². The maximum atomic E-state index is 13.1. The van der Waals surface area contributed by atoms with Crippen molar-refractivity contribution in [3.05, 3.63) is 106 Å². The number of carbonyl (C=O) groups is 5. The van der Waals surface area contributed by atoms with Crippen LogP contribution in [-0.4, -0.2) is 75.8 Å². The molecule has 6 rings (SSSR count). The molecule has 0 saturated carbocycles. The van der Waals surface area contributed by atoms with E-state index in [4.69, 9.17) is 4.74 Å². The lowest BCUT2D eigenvalue weighted by Gasteiger charge is -2.18. The van der Waals surface area contributed by atoms with E-state index in [0.717, 1.165) is 42.0 Å². The van der Waals surface area contributed by atoms with Gasteiger partial charge in [-0.25, -0.2) is 9.78 Å². The number of benzene rings is 2. The monoisotopic (exact) mass is 803 g/mol. The molecule has 1 aliphatic heterocycles. The molecule has 5 amide bonds. The van der Waals surface area contributed by atoms with Gasteiger partial charge in [-0.3, -0.25) is 29.5 Å². The minimum Gasteiger partial charge on any atom is -0.427 e. The van der Waals surface area contributed by atoms with Gasteiger partial charge in [-0.2, -0.15) is 0 Å². The molecule has 300 valence electrons. The molecule has 3 aromatic heterocycles. The number of pyridine rings is 1. The fourth-order valence-corrected chi connectivity index (χ4v) is 7.09. The highest BCUT2D eigenvalue weighted by Gasteiger charge is 2.26. The Morgan fingerprint density at radius 3 is 2.43 bits per heavy atom. The molecule has 0 fully saturated rings. The summed E-state index contributed by atoms with van der Waals surface area (Å²) in [6, 6.07) is 15.0. The first-order valence-corrected chi connectivity index (χ1v) is 19.8. The lowest BCUT2D eigenvalue weighted by molar-refractivity contribution is -0.135. The first kappa shape index (κ1) is 41.0. The van der Waals surface area contributed by atoms with Crippen molar-refractivity contribution in [2.45, 2.75) is 47.1 Å². The number of esters is 1. The van der Waals surface area contributed by atoms with Crippen LogP contribution in [-0.2, 0) is 20.9 Å². The Bertz CT molecular complexity index is 2330. The topological polar surface area (TPSA) is 200 Å². The van der Waals surface area contributed by atoms with E-state index < -0.39 is 17.9 Å². The number of fused-ring (bicyclic) bond motifs is 1. The average Bonchev–Trinajstić information content (AvgIpc) is 3.89. The van der Waals surface area contributed by atoms with Gasteiger partial charge in [0.15, 0.2) is 5.13 Å². The van der Waals surface area contributed by atoms with E-state index in [9.17, 15) is 24.0 Å². The Morgan fingerprint density at radius 1 is 0.931 bits per heavy atom. The molecule has 2 aromatic carbocycles. The first-order chi connectivity index (χ1) is 28.0. The van der Waals surface area contributed by atoms with Crippen molar-refractivity contribution < 1.29 is 28.7 Å². The lowest BCUT2D eigenvalue weighted by Crippen LogP contribution is -2.35. The third kappa shape index (κ3) is 10.4. The molecule has 5 aromatic rings. The molecule has 0 bridgehead atoms. The number of hydrogen-bond donors (Lipinski definition) is 6. The number of urea groups is 1. The zero-order valence-corrected chi connectivity index (χ0v) is 33.5. The Hall–Kier alpha value is -6.65. The van der Waals surface area contributed by atoms with E-state index in [2.05, 4.69) is 60.3 Å². The van der Waals surface area contributed by atoms with Crippen molar-refractivity contribution in [1.82, 2.24) is 30.5 Å². The van der Waals surface area contributed by atoms with Gasteiger partial charge in [0.25, 0.3) is 11.8 Å². The summed E-state index contributed by atoms with van der Waals surface area (Å²) in [6.45, 7) is 11.1. The van der Waals surface area contributed by atoms with Crippen LogP contribution in [0.25, 0.3) is 22.9 Å². The van der Waals surface area contributed by atoms with Crippen molar-refractivity contribution in [2.75, 3.05) is 42.1 Å². The predicted octanol–water partition coefficient (Wildman–Crippen LogP) is 6.36. The number of aryl methyl sites for hydroxylation is 1. The Morgan fingerprint density at radius 2 is 1.69 bits per heavy atom. The number of aromatic nitrogens is 3. The normalized spacial score (nSPS) is 12.6. The highest BCUT2D eigenvalue weighted by atomic mass is 32.1. The van der Waals surface area contributed by atoms with Crippen LogP contribution in [0.5, 0.6) is 5.75 Å². The molecule has 0 spiro atoms. The molecule has 0 atom stereocenters. The number of nitrogens with one attached hydrogen (secondary N) is 6. The van der Waals surface area contributed by atoms with Gasteiger partial charge in [0, 0.05) is 77.7 Å². The van der Waals surface area contributed by atoms with Crippen molar-refractivity contribution >= 4 is 69.2 Å². The van der Waals surface area contributed by atoms with E-state index in [1.807, 2.05) is 31.4 Å². The van der Waals surface area contributed by atoms with E-state index in [-0.39, 0.29) is 31.2 Å². The number of ether oxygens (including phenoxy) is 1. The van der Waals surface area contributed by atoms with Gasteiger partial charge < -0.3 is 35.9 Å². The quantitative estimate of drug-likeness (QED) is 0.0373. The van der Waals surface area contributed by atoms with Crippen LogP contribution in [0.2, 0.25) is 0 Å². The fraction of sp³-hybridized carbons (Fsp3) is 0.262. The number of H-pyrrole nitrogens is 1. The number of likely N-dealkylation sites (N-methyl/N-ethyl adjacent to an activating group) is 1. The standard InChI is InChI=1S/C42H45N9O6S/c1-5-51(6-2)20-19-44-40(55)38-25(3)34(46-26(38)4)22-32-31-21-29(9-12-33(31)48-39(32)54)47-36(52)13-14-37(53)57-30-10-7-27(8-11-30)23-45-41(56)50-42-49-35(24-58-42)28-15-17-43-18-16-28/h7-12,15-18,21-22,24,46H,5-6,13-14,19-20,23H2,1-4H3,(H,44,55)(H,47,52)(H,48,54)(H2,45,49,50,56)/b32-22-. The molecular formula is C42H45N9O6S. The fourth-order valence-electron chi connectivity index (χ4n) is 6.38. The highest BCUT2D eigenvalue weighted by Crippen LogP contribution is 2.36. The van der Waals surface area contributed by atoms with Crippen molar-refractivity contribution in [2.24, 2.45) is 0 Å².